The van der Waals surface area contributed by atoms with E-state index in [1.54, 1.807) is 28.4 Å². The number of hydrogen-bond acceptors (Lipinski definition) is 4. The van der Waals surface area contributed by atoms with Gasteiger partial charge in [-0.1, -0.05) is 25.1 Å². The lowest BCUT2D eigenvalue weighted by Gasteiger charge is -2.33. The summed E-state index contributed by atoms with van der Waals surface area (Å²) >= 11 is 1.57. The highest BCUT2D eigenvalue weighted by Gasteiger charge is 2.32. The third kappa shape index (κ3) is 4.09. The van der Waals surface area contributed by atoms with Crippen molar-refractivity contribution in [1.29, 1.82) is 0 Å². The Balaban J connectivity index is 1.81. The zero-order valence-electron chi connectivity index (χ0n) is 14.0. The number of rotatable bonds is 5. The van der Waals surface area contributed by atoms with Gasteiger partial charge in [0.2, 0.25) is 0 Å². The van der Waals surface area contributed by atoms with Gasteiger partial charge in [-0.15, -0.1) is 11.3 Å². The van der Waals surface area contributed by atoms with Gasteiger partial charge < -0.3 is 15.0 Å². The Hall–Kier alpha value is -2.60. The molecule has 3 rings (SSSR count). The fraction of sp³-hybridized carbons (Fsp3) is 0.263. The molecule has 2 heterocycles. The summed E-state index contributed by atoms with van der Waals surface area (Å²) in [5.41, 5.74) is 0.683. The van der Waals surface area contributed by atoms with Gasteiger partial charge in [0.25, 0.3) is 11.8 Å². The molecule has 6 heteroatoms. The van der Waals surface area contributed by atoms with Crippen LogP contribution in [0, 0.1) is 0 Å². The smallest absolute Gasteiger partial charge is 0.262 e. The van der Waals surface area contributed by atoms with E-state index in [0.717, 1.165) is 11.3 Å². The molecule has 0 unspecified atom stereocenters. The first kappa shape index (κ1) is 17.2. The van der Waals surface area contributed by atoms with Crippen LogP contribution in [0.3, 0.4) is 0 Å². The number of benzene rings is 1. The van der Waals surface area contributed by atoms with E-state index in [4.69, 9.17) is 4.74 Å². The fourth-order valence-electron chi connectivity index (χ4n) is 2.57. The largest absolute Gasteiger partial charge is 0.477 e. The molecular formula is C19H20N2O3S. The maximum atomic E-state index is 12.7. The molecule has 5 nitrogen and oxygen atoms in total. The zero-order chi connectivity index (χ0) is 17.6. The summed E-state index contributed by atoms with van der Waals surface area (Å²) in [5.74, 6) is 0.178. The van der Waals surface area contributed by atoms with E-state index in [0.29, 0.717) is 18.0 Å². The normalized spacial score (nSPS) is 16.4. The van der Waals surface area contributed by atoms with E-state index in [-0.39, 0.29) is 18.4 Å². The van der Waals surface area contributed by atoms with Crippen molar-refractivity contribution in [2.75, 3.05) is 18.0 Å². The summed E-state index contributed by atoms with van der Waals surface area (Å²) < 4.78 is 5.79. The van der Waals surface area contributed by atoms with E-state index in [1.165, 1.54) is 6.08 Å². The second-order valence-electron chi connectivity index (χ2n) is 5.66. The van der Waals surface area contributed by atoms with Gasteiger partial charge in [0.1, 0.15) is 5.75 Å². The molecule has 1 aliphatic heterocycles. The van der Waals surface area contributed by atoms with Crippen molar-refractivity contribution in [3.63, 3.8) is 0 Å². The van der Waals surface area contributed by atoms with Gasteiger partial charge in [0.15, 0.2) is 6.10 Å². The molecule has 1 aromatic heterocycles. The van der Waals surface area contributed by atoms with Gasteiger partial charge in [0, 0.05) is 17.5 Å². The third-order valence-corrected chi connectivity index (χ3v) is 4.65. The van der Waals surface area contributed by atoms with Gasteiger partial charge in [-0.3, -0.25) is 9.59 Å². The summed E-state index contributed by atoms with van der Waals surface area (Å²) in [5, 5.41) is 4.79. The second-order valence-corrected chi connectivity index (χ2v) is 6.64. The Morgan fingerprint density at radius 3 is 2.92 bits per heavy atom. The Morgan fingerprint density at radius 2 is 2.16 bits per heavy atom. The number of hydrogen-bond donors (Lipinski definition) is 1. The molecule has 2 amide bonds. The molecule has 0 spiro atoms. The van der Waals surface area contributed by atoms with Crippen LogP contribution in [0.4, 0.5) is 5.69 Å². The van der Waals surface area contributed by atoms with Gasteiger partial charge in [0.05, 0.1) is 12.2 Å². The molecule has 1 aliphatic rings. The summed E-state index contributed by atoms with van der Waals surface area (Å²) in [6.45, 7) is 2.77. The van der Waals surface area contributed by atoms with Crippen LogP contribution in [-0.2, 0) is 9.59 Å². The summed E-state index contributed by atoms with van der Waals surface area (Å²) in [6, 6.07) is 11.2. The predicted molar refractivity (Wildman–Crippen MR) is 99.9 cm³/mol. The van der Waals surface area contributed by atoms with Crippen molar-refractivity contribution in [1.82, 2.24) is 5.32 Å². The highest BCUT2D eigenvalue weighted by atomic mass is 32.1. The summed E-state index contributed by atoms with van der Waals surface area (Å²) in [4.78, 5) is 27.6. The minimum absolute atomic E-state index is 0.169. The van der Waals surface area contributed by atoms with E-state index < -0.39 is 6.10 Å². The Labute approximate surface area is 150 Å². The lowest BCUT2D eigenvalue weighted by atomic mass is 10.1. The maximum Gasteiger partial charge on any atom is 0.262 e. The molecule has 0 aliphatic carbocycles. The van der Waals surface area contributed by atoms with Crippen molar-refractivity contribution in [3.8, 4) is 5.75 Å². The Kier molecular flexibility index (Phi) is 5.50. The lowest BCUT2D eigenvalue weighted by Crippen LogP contribution is -2.50. The number of carbonyl (C=O) groups is 2. The molecule has 0 saturated carbocycles. The number of amides is 2. The quantitative estimate of drug-likeness (QED) is 0.838. The number of nitrogens with zero attached hydrogens (tertiary/aromatic N) is 1. The molecule has 0 bridgehead atoms. The first-order valence-corrected chi connectivity index (χ1v) is 9.13. The van der Waals surface area contributed by atoms with Gasteiger partial charge in [-0.05, 0) is 36.1 Å². The zero-order valence-corrected chi connectivity index (χ0v) is 14.8. The standard InChI is InChI=1S/C19H20N2O3S/c1-2-11-20-19(23)17-13-21(15-7-3-4-8-16(15)24-17)18(22)10-9-14-6-5-12-25-14/h3-10,12,17H,2,11,13H2,1H3,(H,20,23)/b10-9+/t17-/m1/s1. The fourth-order valence-corrected chi connectivity index (χ4v) is 3.19. The number of fused-ring (bicyclic) bond motifs is 1. The highest BCUT2D eigenvalue weighted by Crippen LogP contribution is 2.33. The van der Waals surface area contributed by atoms with Crippen LogP contribution < -0.4 is 15.0 Å². The maximum absolute atomic E-state index is 12.7. The molecular weight excluding hydrogens is 336 g/mol. The molecule has 0 saturated heterocycles. The van der Waals surface area contributed by atoms with Crippen molar-refractivity contribution in [2.45, 2.75) is 19.4 Å². The number of anilines is 1. The number of carbonyl (C=O) groups excluding carboxylic acids is 2. The second kappa shape index (κ2) is 7.98. The average molecular weight is 356 g/mol. The average Bonchev–Trinajstić information content (AvgIpc) is 3.16. The lowest BCUT2D eigenvalue weighted by molar-refractivity contribution is -0.128. The SMILES string of the molecule is CCCNC(=O)[C@H]1CN(C(=O)/C=C/c2cccs2)c2ccccc2O1. The Bertz CT molecular complexity index is 771. The topological polar surface area (TPSA) is 58.6 Å². The van der Waals surface area contributed by atoms with E-state index in [9.17, 15) is 9.59 Å². The van der Waals surface area contributed by atoms with Gasteiger partial charge in [-0.25, -0.2) is 0 Å². The minimum atomic E-state index is -0.708. The predicted octanol–water partition coefficient (Wildman–Crippen LogP) is 3.08. The van der Waals surface area contributed by atoms with Gasteiger partial charge in [-0.2, -0.15) is 0 Å². The number of nitrogens with one attached hydrogen (secondary N) is 1. The van der Waals surface area contributed by atoms with E-state index in [1.807, 2.05) is 42.6 Å². The van der Waals surface area contributed by atoms with Crippen molar-refractivity contribution in [3.05, 3.63) is 52.7 Å². The van der Waals surface area contributed by atoms with Crippen molar-refractivity contribution in [2.24, 2.45) is 0 Å². The van der Waals surface area contributed by atoms with Crippen LogP contribution in [0.1, 0.15) is 18.2 Å². The van der Waals surface area contributed by atoms with Crippen LogP contribution in [-0.4, -0.2) is 31.0 Å². The first-order chi connectivity index (χ1) is 12.2. The molecule has 25 heavy (non-hydrogen) atoms. The van der Waals surface area contributed by atoms with Crippen LogP contribution in [0.25, 0.3) is 6.08 Å². The monoisotopic (exact) mass is 356 g/mol. The minimum Gasteiger partial charge on any atom is -0.477 e. The Morgan fingerprint density at radius 1 is 1.32 bits per heavy atom. The number of para-hydroxylation sites is 2. The molecule has 1 atom stereocenters. The highest BCUT2D eigenvalue weighted by molar-refractivity contribution is 7.10. The van der Waals surface area contributed by atoms with Crippen LogP contribution in [0.2, 0.25) is 0 Å². The van der Waals surface area contributed by atoms with Crippen LogP contribution >= 0.6 is 11.3 Å². The molecule has 2 aromatic rings. The van der Waals surface area contributed by atoms with Crippen molar-refractivity contribution >= 4 is 34.9 Å². The van der Waals surface area contributed by atoms with E-state index >= 15 is 0 Å². The molecule has 0 radical (unpaired) electrons. The summed E-state index contributed by atoms with van der Waals surface area (Å²) in [7, 11) is 0. The molecule has 1 aromatic carbocycles. The third-order valence-electron chi connectivity index (χ3n) is 3.81. The molecule has 130 valence electrons. The van der Waals surface area contributed by atoms with E-state index in [2.05, 4.69) is 5.32 Å². The van der Waals surface area contributed by atoms with Crippen LogP contribution in [0.15, 0.2) is 47.9 Å². The van der Waals surface area contributed by atoms with Crippen molar-refractivity contribution < 1.29 is 14.3 Å². The van der Waals surface area contributed by atoms with Gasteiger partial charge >= 0.3 is 0 Å². The number of thiophene rings is 1. The molecule has 1 N–H and O–H groups in total. The number of ether oxygens (including phenoxy) is 1. The van der Waals surface area contributed by atoms with Crippen LogP contribution in [0.5, 0.6) is 5.75 Å². The first-order valence-electron chi connectivity index (χ1n) is 8.25. The summed E-state index contributed by atoms with van der Waals surface area (Å²) in [6.07, 6.45) is 3.47. The molecule has 0 fully saturated rings.